The van der Waals surface area contributed by atoms with Gasteiger partial charge in [0.05, 0.1) is 6.61 Å². The van der Waals surface area contributed by atoms with Crippen LogP contribution in [0.25, 0.3) is 10.8 Å². The molecule has 2 aromatic rings. The standard InChI is InChI=1S/C14H17OSi/c1-16(2,3)15-11-12-8-9-13-6-4-5-7-14(13)10-12/h4-11H,1-3H3. The van der Waals surface area contributed by atoms with Crippen molar-refractivity contribution in [1.82, 2.24) is 0 Å². The predicted octanol–water partition coefficient (Wildman–Crippen LogP) is 4.20. The van der Waals surface area contributed by atoms with Crippen molar-refractivity contribution in [2.24, 2.45) is 0 Å². The van der Waals surface area contributed by atoms with E-state index < -0.39 is 8.32 Å². The third-order valence-corrected chi connectivity index (χ3v) is 3.15. The van der Waals surface area contributed by atoms with Gasteiger partial charge in [-0.1, -0.05) is 36.4 Å². The van der Waals surface area contributed by atoms with Crippen LogP contribution in [0.4, 0.5) is 0 Å². The van der Waals surface area contributed by atoms with Crippen LogP contribution in [0.2, 0.25) is 19.6 Å². The van der Waals surface area contributed by atoms with Crippen molar-refractivity contribution in [3.8, 4) is 0 Å². The molecule has 0 bridgehead atoms. The van der Waals surface area contributed by atoms with Gasteiger partial charge in [0.25, 0.3) is 0 Å². The summed E-state index contributed by atoms with van der Waals surface area (Å²) in [7, 11) is -1.46. The van der Waals surface area contributed by atoms with Crippen molar-refractivity contribution in [2.75, 3.05) is 0 Å². The third-order valence-electron chi connectivity index (χ3n) is 2.32. The predicted molar refractivity (Wildman–Crippen MR) is 71.8 cm³/mol. The Morgan fingerprint density at radius 1 is 0.938 bits per heavy atom. The summed E-state index contributed by atoms with van der Waals surface area (Å²) in [6.45, 7) is 8.44. The van der Waals surface area contributed by atoms with Crippen LogP contribution >= 0.6 is 0 Å². The Morgan fingerprint density at radius 3 is 2.31 bits per heavy atom. The fraction of sp³-hybridized carbons (Fsp3) is 0.214. The Bertz CT molecular complexity index is 485. The smallest absolute Gasteiger partial charge is 0.184 e. The maximum Gasteiger partial charge on any atom is 0.184 e. The normalized spacial score (nSPS) is 11.9. The number of benzene rings is 2. The zero-order valence-electron chi connectivity index (χ0n) is 10.0. The van der Waals surface area contributed by atoms with Gasteiger partial charge in [0.2, 0.25) is 0 Å². The van der Waals surface area contributed by atoms with Gasteiger partial charge in [-0.2, -0.15) is 0 Å². The molecule has 1 radical (unpaired) electrons. The van der Waals surface area contributed by atoms with E-state index in [1.54, 1.807) is 0 Å². The highest BCUT2D eigenvalue weighted by Gasteiger charge is 2.14. The summed E-state index contributed by atoms with van der Waals surface area (Å²) in [6, 6.07) is 14.8. The fourth-order valence-electron chi connectivity index (χ4n) is 1.53. The molecule has 0 heterocycles. The second kappa shape index (κ2) is 4.40. The monoisotopic (exact) mass is 229 g/mol. The minimum Gasteiger partial charge on any atom is -0.408 e. The van der Waals surface area contributed by atoms with Crippen LogP contribution in [0, 0.1) is 6.61 Å². The molecule has 0 spiro atoms. The quantitative estimate of drug-likeness (QED) is 0.717. The molecule has 0 aliphatic carbocycles. The zero-order chi connectivity index (χ0) is 11.6. The first-order valence-corrected chi connectivity index (χ1v) is 8.95. The lowest BCUT2D eigenvalue weighted by molar-refractivity contribution is 0.425. The van der Waals surface area contributed by atoms with E-state index in [0.29, 0.717) is 0 Å². The van der Waals surface area contributed by atoms with Gasteiger partial charge >= 0.3 is 0 Å². The van der Waals surface area contributed by atoms with Gasteiger partial charge in [-0.15, -0.1) is 0 Å². The number of rotatable bonds is 3. The number of hydrogen-bond donors (Lipinski definition) is 0. The Hall–Kier alpha value is -1.12. The maximum atomic E-state index is 5.78. The van der Waals surface area contributed by atoms with Gasteiger partial charge < -0.3 is 4.43 Å². The molecule has 0 saturated heterocycles. The minimum atomic E-state index is -1.46. The van der Waals surface area contributed by atoms with Crippen LogP contribution in [0.15, 0.2) is 42.5 Å². The molecule has 0 N–H and O–H groups in total. The molecule has 2 rings (SSSR count). The van der Waals surface area contributed by atoms with E-state index in [1.807, 2.05) is 6.61 Å². The Labute approximate surface area is 98.2 Å². The molecule has 1 nitrogen and oxygen atoms in total. The molecule has 16 heavy (non-hydrogen) atoms. The average molecular weight is 229 g/mol. The van der Waals surface area contributed by atoms with Crippen molar-refractivity contribution in [2.45, 2.75) is 19.6 Å². The van der Waals surface area contributed by atoms with E-state index in [0.717, 1.165) is 5.56 Å². The highest BCUT2D eigenvalue weighted by Crippen LogP contribution is 2.18. The molecule has 0 amide bonds. The molecule has 0 atom stereocenters. The summed E-state index contributed by atoms with van der Waals surface area (Å²) >= 11 is 0. The van der Waals surface area contributed by atoms with Gasteiger partial charge in [-0.05, 0) is 42.0 Å². The summed E-state index contributed by atoms with van der Waals surface area (Å²) in [5, 5.41) is 2.53. The molecule has 0 aliphatic heterocycles. The molecule has 0 aliphatic rings. The first-order valence-electron chi connectivity index (χ1n) is 5.54. The third kappa shape index (κ3) is 2.94. The lowest BCUT2D eigenvalue weighted by Gasteiger charge is -2.16. The lowest BCUT2D eigenvalue weighted by atomic mass is 10.1. The van der Waals surface area contributed by atoms with Crippen molar-refractivity contribution in [3.63, 3.8) is 0 Å². The molecule has 0 aromatic heterocycles. The summed E-state index contributed by atoms with van der Waals surface area (Å²) in [5.74, 6) is 0. The first-order chi connectivity index (χ1) is 7.54. The topological polar surface area (TPSA) is 9.23 Å². The van der Waals surface area contributed by atoms with Gasteiger partial charge in [0.15, 0.2) is 8.32 Å². The van der Waals surface area contributed by atoms with Crippen LogP contribution in [0.1, 0.15) is 5.56 Å². The second-order valence-corrected chi connectivity index (χ2v) is 9.42. The van der Waals surface area contributed by atoms with Crippen LogP contribution in [-0.2, 0) is 4.43 Å². The van der Waals surface area contributed by atoms with E-state index >= 15 is 0 Å². The number of fused-ring (bicyclic) bond motifs is 1. The van der Waals surface area contributed by atoms with Gasteiger partial charge in [0.1, 0.15) is 0 Å². The van der Waals surface area contributed by atoms with E-state index in [4.69, 9.17) is 4.43 Å². The van der Waals surface area contributed by atoms with E-state index in [9.17, 15) is 0 Å². The van der Waals surface area contributed by atoms with Crippen molar-refractivity contribution < 1.29 is 4.43 Å². The molecule has 0 fully saturated rings. The van der Waals surface area contributed by atoms with Crippen LogP contribution in [0.3, 0.4) is 0 Å². The summed E-state index contributed by atoms with van der Waals surface area (Å²) in [4.78, 5) is 0. The lowest BCUT2D eigenvalue weighted by Crippen LogP contribution is -2.23. The summed E-state index contributed by atoms with van der Waals surface area (Å²) in [5.41, 5.74) is 1.14. The Balaban J connectivity index is 2.20. The van der Waals surface area contributed by atoms with E-state index in [2.05, 4.69) is 62.1 Å². The maximum absolute atomic E-state index is 5.78. The van der Waals surface area contributed by atoms with E-state index in [-0.39, 0.29) is 0 Å². The molecule has 2 heteroatoms. The Kier molecular flexibility index (Phi) is 3.12. The van der Waals surface area contributed by atoms with Gasteiger partial charge in [0, 0.05) is 0 Å². The molecule has 0 unspecified atom stereocenters. The van der Waals surface area contributed by atoms with Crippen molar-refractivity contribution in [1.29, 1.82) is 0 Å². The zero-order valence-corrected chi connectivity index (χ0v) is 11.0. The molecule has 83 valence electrons. The van der Waals surface area contributed by atoms with Crippen LogP contribution in [0.5, 0.6) is 0 Å². The fourth-order valence-corrected chi connectivity index (χ4v) is 2.02. The van der Waals surface area contributed by atoms with Crippen molar-refractivity contribution >= 4 is 19.1 Å². The average Bonchev–Trinajstić information content (AvgIpc) is 2.25. The number of hydrogen-bond acceptors (Lipinski definition) is 1. The highest BCUT2D eigenvalue weighted by molar-refractivity contribution is 6.69. The van der Waals surface area contributed by atoms with E-state index in [1.165, 1.54) is 10.8 Å². The largest absolute Gasteiger partial charge is 0.408 e. The summed E-state index contributed by atoms with van der Waals surface area (Å²) in [6.07, 6.45) is 0. The SMILES string of the molecule is C[Si](C)(C)O[CH]c1ccc2ccccc2c1. The van der Waals surface area contributed by atoms with Crippen molar-refractivity contribution in [3.05, 3.63) is 54.6 Å². The molecular formula is C14H17OSi. The molecular weight excluding hydrogens is 212 g/mol. The molecule has 2 aromatic carbocycles. The second-order valence-electron chi connectivity index (χ2n) is 4.95. The minimum absolute atomic E-state index is 1.14. The van der Waals surface area contributed by atoms with Crippen LogP contribution < -0.4 is 0 Å². The highest BCUT2D eigenvalue weighted by atomic mass is 28.4. The molecule has 0 saturated carbocycles. The Morgan fingerprint density at radius 2 is 1.62 bits per heavy atom. The van der Waals surface area contributed by atoms with Gasteiger partial charge in [-0.3, -0.25) is 0 Å². The van der Waals surface area contributed by atoms with Gasteiger partial charge in [-0.25, -0.2) is 0 Å². The summed E-state index contributed by atoms with van der Waals surface area (Å²) < 4.78 is 5.78. The first kappa shape index (κ1) is 11.4. The van der Waals surface area contributed by atoms with Crippen LogP contribution in [-0.4, -0.2) is 8.32 Å².